The number of hydrogen-bond donors (Lipinski definition) is 1. The molecule has 2 N–H and O–H groups in total. The van der Waals surface area contributed by atoms with Crippen molar-refractivity contribution in [1.29, 1.82) is 0 Å². The second kappa shape index (κ2) is 5.46. The van der Waals surface area contributed by atoms with Gasteiger partial charge in [0.05, 0.1) is 0 Å². The van der Waals surface area contributed by atoms with E-state index in [4.69, 9.17) is 17.3 Å². The van der Waals surface area contributed by atoms with E-state index in [0.717, 1.165) is 11.6 Å². The molecule has 0 fully saturated rings. The quantitative estimate of drug-likeness (QED) is 0.898. The van der Waals surface area contributed by atoms with Crippen LogP contribution >= 0.6 is 11.6 Å². The molecule has 4 heteroatoms. The summed E-state index contributed by atoms with van der Waals surface area (Å²) in [6.45, 7) is 0. The van der Waals surface area contributed by atoms with Crippen molar-refractivity contribution in [2.24, 2.45) is 5.73 Å². The average Bonchev–Trinajstić information content (AvgIpc) is 2.35. The maximum atomic E-state index is 13.5. The average molecular weight is 268 g/mol. The standard InChI is InChI=1S/C14H12ClF2N/c15-10-6-4-9(5-7-10)8-13(18)11-2-1-3-12(16)14(11)17/h1-7,13H,8,18H2. The van der Waals surface area contributed by atoms with Gasteiger partial charge < -0.3 is 5.73 Å². The second-order valence-electron chi connectivity index (χ2n) is 4.08. The summed E-state index contributed by atoms with van der Waals surface area (Å²) in [6.07, 6.45) is 0.428. The molecule has 1 nitrogen and oxygen atoms in total. The van der Waals surface area contributed by atoms with E-state index < -0.39 is 17.7 Å². The lowest BCUT2D eigenvalue weighted by Gasteiger charge is -2.13. The van der Waals surface area contributed by atoms with E-state index in [0.29, 0.717) is 11.4 Å². The van der Waals surface area contributed by atoms with Gasteiger partial charge in [0.25, 0.3) is 0 Å². The number of benzene rings is 2. The molecule has 0 aliphatic heterocycles. The third-order valence-corrected chi connectivity index (χ3v) is 3.00. The van der Waals surface area contributed by atoms with Crippen LogP contribution in [0.25, 0.3) is 0 Å². The number of nitrogens with two attached hydrogens (primary N) is 1. The number of hydrogen-bond acceptors (Lipinski definition) is 1. The summed E-state index contributed by atoms with van der Waals surface area (Å²) in [4.78, 5) is 0. The molecule has 0 amide bonds. The second-order valence-corrected chi connectivity index (χ2v) is 4.52. The van der Waals surface area contributed by atoms with Crippen LogP contribution in [-0.4, -0.2) is 0 Å². The van der Waals surface area contributed by atoms with Crippen molar-refractivity contribution in [2.75, 3.05) is 0 Å². The molecule has 0 aliphatic rings. The Morgan fingerprint density at radius 2 is 1.72 bits per heavy atom. The molecule has 1 atom stereocenters. The van der Waals surface area contributed by atoms with E-state index in [-0.39, 0.29) is 5.56 Å². The van der Waals surface area contributed by atoms with Crippen molar-refractivity contribution in [3.05, 3.63) is 70.2 Å². The van der Waals surface area contributed by atoms with Gasteiger partial charge >= 0.3 is 0 Å². The molecule has 0 saturated carbocycles. The molecule has 94 valence electrons. The van der Waals surface area contributed by atoms with Crippen LogP contribution in [0.3, 0.4) is 0 Å². The van der Waals surface area contributed by atoms with Gasteiger partial charge in [-0.2, -0.15) is 0 Å². The Morgan fingerprint density at radius 3 is 2.39 bits per heavy atom. The van der Waals surface area contributed by atoms with Gasteiger partial charge in [0.15, 0.2) is 11.6 Å². The lowest BCUT2D eigenvalue weighted by Crippen LogP contribution is -2.15. The molecule has 0 radical (unpaired) electrons. The fourth-order valence-electron chi connectivity index (χ4n) is 1.79. The lowest BCUT2D eigenvalue weighted by atomic mass is 9.99. The van der Waals surface area contributed by atoms with Gasteiger partial charge in [0, 0.05) is 16.6 Å². The van der Waals surface area contributed by atoms with E-state index in [2.05, 4.69) is 0 Å². The zero-order valence-electron chi connectivity index (χ0n) is 9.54. The fraction of sp³-hybridized carbons (Fsp3) is 0.143. The van der Waals surface area contributed by atoms with E-state index in [1.54, 1.807) is 12.1 Å². The third kappa shape index (κ3) is 2.86. The number of rotatable bonds is 3. The molecule has 2 aromatic rings. The van der Waals surface area contributed by atoms with Crippen molar-refractivity contribution in [1.82, 2.24) is 0 Å². The molecule has 0 aliphatic carbocycles. The van der Waals surface area contributed by atoms with E-state index in [1.165, 1.54) is 12.1 Å². The molecular formula is C14H12ClF2N. The minimum atomic E-state index is -0.876. The maximum Gasteiger partial charge on any atom is 0.163 e. The summed E-state index contributed by atoms with van der Waals surface area (Å²) in [6, 6.07) is 10.6. The van der Waals surface area contributed by atoms with Gasteiger partial charge in [-0.3, -0.25) is 0 Å². The first-order valence-corrected chi connectivity index (χ1v) is 5.89. The van der Waals surface area contributed by atoms with Gasteiger partial charge in [-0.1, -0.05) is 35.9 Å². The Morgan fingerprint density at radius 1 is 1.06 bits per heavy atom. The molecule has 0 saturated heterocycles. The topological polar surface area (TPSA) is 26.0 Å². The fourth-order valence-corrected chi connectivity index (χ4v) is 1.92. The SMILES string of the molecule is NC(Cc1ccc(Cl)cc1)c1cccc(F)c1F. The molecule has 0 bridgehead atoms. The summed E-state index contributed by atoms with van der Waals surface area (Å²) in [5.74, 6) is -1.75. The highest BCUT2D eigenvalue weighted by Crippen LogP contribution is 2.21. The highest BCUT2D eigenvalue weighted by Gasteiger charge is 2.14. The Kier molecular flexibility index (Phi) is 3.94. The zero-order valence-corrected chi connectivity index (χ0v) is 10.3. The summed E-state index contributed by atoms with van der Waals surface area (Å²) < 4.78 is 26.6. The lowest BCUT2D eigenvalue weighted by molar-refractivity contribution is 0.488. The molecule has 2 aromatic carbocycles. The Balaban J connectivity index is 2.19. The van der Waals surface area contributed by atoms with Crippen LogP contribution in [0, 0.1) is 11.6 Å². The third-order valence-electron chi connectivity index (χ3n) is 2.75. The van der Waals surface area contributed by atoms with Crippen molar-refractivity contribution in [2.45, 2.75) is 12.5 Å². The molecule has 0 heterocycles. The molecule has 2 rings (SSSR count). The van der Waals surface area contributed by atoms with Crippen LogP contribution in [0.1, 0.15) is 17.2 Å². The molecule has 18 heavy (non-hydrogen) atoms. The van der Waals surface area contributed by atoms with E-state index >= 15 is 0 Å². The highest BCUT2D eigenvalue weighted by molar-refractivity contribution is 6.30. The van der Waals surface area contributed by atoms with Gasteiger partial charge in [-0.25, -0.2) is 8.78 Å². The Bertz CT molecular complexity index is 540. The van der Waals surface area contributed by atoms with Crippen molar-refractivity contribution >= 4 is 11.6 Å². The first kappa shape index (κ1) is 13.0. The zero-order chi connectivity index (χ0) is 13.1. The van der Waals surface area contributed by atoms with E-state index in [1.807, 2.05) is 12.1 Å². The van der Waals surface area contributed by atoms with Crippen LogP contribution in [0.15, 0.2) is 42.5 Å². The minimum absolute atomic E-state index is 0.185. The number of halogens is 3. The smallest absolute Gasteiger partial charge is 0.163 e. The van der Waals surface area contributed by atoms with Crippen LogP contribution in [0.4, 0.5) is 8.78 Å². The van der Waals surface area contributed by atoms with Gasteiger partial charge in [-0.05, 0) is 30.2 Å². The predicted molar refractivity (Wildman–Crippen MR) is 68.4 cm³/mol. The summed E-state index contributed by atoms with van der Waals surface area (Å²) in [7, 11) is 0. The van der Waals surface area contributed by atoms with Crippen LogP contribution in [0.5, 0.6) is 0 Å². The molecule has 1 unspecified atom stereocenters. The normalized spacial score (nSPS) is 12.4. The van der Waals surface area contributed by atoms with Gasteiger partial charge in [0.1, 0.15) is 0 Å². The van der Waals surface area contributed by atoms with Crippen molar-refractivity contribution in [3.8, 4) is 0 Å². The maximum absolute atomic E-state index is 13.5. The van der Waals surface area contributed by atoms with Crippen LogP contribution in [0.2, 0.25) is 5.02 Å². The Hall–Kier alpha value is -1.45. The first-order chi connectivity index (χ1) is 8.58. The van der Waals surface area contributed by atoms with E-state index in [9.17, 15) is 8.78 Å². The largest absolute Gasteiger partial charge is 0.324 e. The molecular weight excluding hydrogens is 256 g/mol. The monoisotopic (exact) mass is 267 g/mol. The van der Waals surface area contributed by atoms with Gasteiger partial charge in [0.2, 0.25) is 0 Å². The highest BCUT2D eigenvalue weighted by atomic mass is 35.5. The minimum Gasteiger partial charge on any atom is -0.324 e. The van der Waals surface area contributed by atoms with Crippen LogP contribution in [-0.2, 0) is 6.42 Å². The summed E-state index contributed by atoms with van der Waals surface area (Å²) >= 11 is 5.77. The summed E-state index contributed by atoms with van der Waals surface area (Å²) in [5.41, 5.74) is 7.01. The molecule has 0 aromatic heterocycles. The Labute approximate surface area is 109 Å². The van der Waals surface area contributed by atoms with Crippen molar-refractivity contribution in [3.63, 3.8) is 0 Å². The predicted octanol–water partition coefficient (Wildman–Crippen LogP) is 3.86. The summed E-state index contributed by atoms with van der Waals surface area (Å²) in [5, 5.41) is 0.629. The van der Waals surface area contributed by atoms with Crippen molar-refractivity contribution < 1.29 is 8.78 Å². The van der Waals surface area contributed by atoms with Crippen LogP contribution < -0.4 is 5.73 Å². The molecule has 0 spiro atoms. The first-order valence-electron chi connectivity index (χ1n) is 5.52. The van der Waals surface area contributed by atoms with Gasteiger partial charge in [-0.15, -0.1) is 0 Å².